The first-order valence-electron chi connectivity index (χ1n) is 7.79. The molecule has 0 heterocycles. The molecule has 0 unspecified atom stereocenters. The van der Waals surface area contributed by atoms with Gasteiger partial charge in [-0.25, -0.2) is 0 Å². The third-order valence-corrected chi connectivity index (χ3v) is 3.50. The Morgan fingerprint density at radius 2 is 1.87 bits per heavy atom. The highest BCUT2D eigenvalue weighted by Crippen LogP contribution is 2.08. The first-order valence-corrected chi connectivity index (χ1v) is 7.79. The van der Waals surface area contributed by atoms with Gasteiger partial charge in [-0.05, 0) is 30.4 Å². The number of nitrogens with one attached hydrogen (secondary N) is 2. The zero-order valence-corrected chi connectivity index (χ0v) is 16.6. The van der Waals surface area contributed by atoms with Crippen LogP contribution in [0.4, 0.5) is 0 Å². The Bertz CT molecular complexity index is 492. The summed E-state index contributed by atoms with van der Waals surface area (Å²) in [4.78, 5) is 15.2. The molecule has 23 heavy (non-hydrogen) atoms. The number of ether oxygens (including phenoxy) is 1. The van der Waals surface area contributed by atoms with E-state index in [2.05, 4.69) is 51.6 Å². The van der Waals surface area contributed by atoms with Crippen LogP contribution >= 0.6 is 24.0 Å². The van der Waals surface area contributed by atoms with E-state index in [4.69, 9.17) is 0 Å². The first-order chi connectivity index (χ1) is 10.7. The molecule has 0 aromatic heterocycles. The predicted octanol–water partition coefficient (Wildman–Crippen LogP) is 2.88. The van der Waals surface area contributed by atoms with Crippen LogP contribution in [-0.4, -0.2) is 32.6 Å². The average molecular weight is 433 g/mol. The third-order valence-electron chi connectivity index (χ3n) is 3.50. The van der Waals surface area contributed by atoms with Crippen LogP contribution in [0, 0.1) is 0 Å². The molecule has 0 amide bonds. The number of esters is 1. The number of hydrogen-bond acceptors (Lipinski definition) is 3. The fraction of sp³-hybridized carbons (Fsp3) is 0.529. The molecule has 130 valence electrons. The zero-order chi connectivity index (χ0) is 16.2. The summed E-state index contributed by atoms with van der Waals surface area (Å²) in [5.74, 6) is 0.627. The third kappa shape index (κ3) is 8.78. The highest BCUT2D eigenvalue weighted by atomic mass is 127. The van der Waals surface area contributed by atoms with Gasteiger partial charge in [0.15, 0.2) is 5.96 Å². The molecule has 1 rings (SSSR count). The van der Waals surface area contributed by atoms with E-state index in [1.165, 1.54) is 18.2 Å². The van der Waals surface area contributed by atoms with Crippen molar-refractivity contribution < 1.29 is 9.53 Å². The molecule has 0 aliphatic carbocycles. The Labute approximate surface area is 156 Å². The number of carbonyl (C=O) groups is 1. The largest absolute Gasteiger partial charge is 0.469 e. The van der Waals surface area contributed by atoms with Gasteiger partial charge in [-0.3, -0.25) is 9.79 Å². The van der Waals surface area contributed by atoms with Gasteiger partial charge in [0.2, 0.25) is 0 Å². The van der Waals surface area contributed by atoms with E-state index < -0.39 is 0 Å². The number of benzene rings is 1. The number of aliphatic imine (C=N–C) groups is 1. The van der Waals surface area contributed by atoms with Crippen LogP contribution in [0.25, 0.3) is 0 Å². The minimum absolute atomic E-state index is 0. The normalized spacial score (nSPS) is 10.7. The number of hydrogen-bond donors (Lipinski definition) is 2. The van der Waals surface area contributed by atoms with Crippen LogP contribution in [0.5, 0.6) is 0 Å². The molecule has 0 saturated heterocycles. The summed E-state index contributed by atoms with van der Waals surface area (Å²) in [5, 5.41) is 6.57. The van der Waals surface area contributed by atoms with Gasteiger partial charge in [0.05, 0.1) is 7.11 Å². The summed E-state index contributed by atoms with van der Waals surface area (Å²) >= 11 is 0. The molecule has 0 saturated carbocycles. The summed E-state index contributed by atoms with van der Waals surface area (Å²) in [6.07, 6.45) is 3.21. The van der Waals surface area contributed by atoms with E-state index in [0.717, 1.165) is 38.3 Å². The van der Waals surface area contributed by atoms with Gasteiger partial charge < -0.3 is 15.4 Å². The lowest BCUT2D eigenvalue weighted by atomic mass is 10.1. The second kappa shape index (κ2) is 13.2. The van der Waals surface area contributed by atoms with E-state index in [1.54, 1.807) is 7.05 Å². The zero-order valence-electron chi connectivity index (χ0n) is 14.2. The van der Waals surface area contributed by atoms with Gasteiger partial charge >= 0.3 is 5.97 Å². The van der Waals surface area contributed by atoms with Gasteiger partial charge in [-0.1, -0.05) is 31.2 Å². The summed E-state index contributed by atoms with van der Waals surface area (Å²) in [6.45, 7) is 3.70. The summed E-state index contributed by atoms with van der Waals surface area (Å²) in [6, 6.07) is 8.41. The highest BCUT2D eigenvalue weighted by Gasteiger charge is 2.03. The van der Waals surface area contributed by atoms with E-state index in [1.807, 2.05) is 0 Å². The smallest absolute Gasteiger partial charge is 0.305 e. The van der Waals surface area contributed by atoms with Crippen molar-refractivity contribution in [1.29, 1.82) is 0 Å². The predicted molar refractivity (Wildman–Crippen MR) is 105 cm³/mol. The Balaban J connectivity index is 0.00000484. The molecule has 1 aromatic carbocycles. The van der Waals surface area contributed by atoms with Crippen LogP contribution in [-0.2, 0) is 22.5 Å². The maximum atomic E-state index is 11.0. The van der Waals surface area contributed by atoms with Crippen molar-refractivity contribution in [3.8, 4) is 0 Å². The van der Waals surface area contributed by atoms with Crippen LogP contribution in [0.1, 0.15) is 37.3 Å². The van der Waals surface area contributed by atoms with Crippen LogP contribution in [0.3, 0.4) is 0 Å². The maximum Gasteiger partial charge on any atom is 0.305 e. The van der Waals surface area contributed by atoms with Crippen molar-refractivity contribution in [2.45, 2.75) is 39.2 Å². The van der Waals surface area contributed by atoms with Gasteiger partial charge in [-0.15, -0.1) is 24.0 Å². The van der Waals surface area contributed by atoms with Crippen molar-refractivity contribution in [1.82, 2.24) is 10.6 Å². The molecule has 5 nitrogen and oxygen atoms in total. The molecule has 6 heteroatoms. The Morgan fingerprint density at radius 3 is 2.48 bits per heavy atom. The minimum Gasteiger partial charge on any atom is -0.469 e. The lowest BCUT2D eigenvalue weighted by Crippen LogP contribution is -2.37. The summed E-state index contributed by atoms with van der Waals surface area (Å²) in [7, 11) is 3.18. The number of guanidine groups is 1. The standard InChI is InChI=1S/C17H27N3O2.HI/c1-4-14-9-5-6-10-15(14)13-20-17(18-2)19-12-8-7-11-16(21)22-3;/h5-6,9-10H,4,7-8,11-13H2,1-3H3,(H2,18,19,20);1H. The Kier molecular flexibility index (Phi) is 12.4. The van der Waals surface area contributed by atoms with E-state index >= 15 is 0 Å². The molecule has 0 aliphatic heterocycles. The van der Waals surface area contributed by atoms with Crippen LogP contribution in [0.15, 0.2) is 29.3 Å². The SMILES string of the molecule is CCc1ccccc1CNC(=NC)NCCCCC(=O)OC.I. The topological polar surface area (TPSA) is 62.7 Å². The van der Waals surface area contributed by atoms with Gasteiger partial charge in [0.1, 0.15) is 0 Å². The molecule has 1 aromatic rings. The average Bonchev–Trinajstić information content (AvgIpc) is 2.57. The summed E-state index contributed by atoms with van der Waals surface area (Å²) < 4.78 is 4.61. The van der Waals surface area contributed by atoms with Gasteiger partial charge in [-0.2, -0.15) is 0 Å². The molecule has 0 fully saturated rings. The van der Waals surface area contributed by atoms with Crippen molar-refractivity contribution in [3.05, 3.63) is 35.4 Å². The number of unbranched alkanes of at least 4 members (excludes halogenated alkanes) is 1. The molecular formula is C17H28IN3O2. The first kappa shape index (κ1) is 21.7. The van der Waals surface area contributed by atoms with Gasteiger partial charge in [0.25, 0.3) is 0 Å². The number of aryl methyl sites for hydroxylation is 1. The van der Waals surface area contributed by atoms with Crippen molar-refractivity contribution in [2.75, 3.05) is 20.7 Å². The van der Waals surface area contributed by atoms with Crippen LogP contribution < -0.4 is 10.6 Å². The van der Waals surface area contributed by atoms with Crippen molar-refractivity contribution >= 4 is 35.9 Å². The number of halogens is 1. The van der Waals surface area contributed by atoms with Crippen molar-refractivity contribution in [2.24, 2.45) is 4.99 Å². The lowest BCUT2D eigenvalue weighted by Gasteiger charge is -2.13. The molecule has 0 bridgehead atoms. The lowest BCUT2D eigenvalue weighted by molar-refractivity contribution is -0.140. The maximum absolute atomic E-state index is 11.0. The molecule has 2 N–H and O–H groups in total. The number of carbonyl (C=O) groups excluding carboxylic acids is 1. The summed E-state index contributed by atoms with van der Waals surface area (Å²) in [5.41, 5.74) is 2.64. The van der Waals surface area contributed by atoms with Gasteiger partial charge in [0, 0.05) is 26.6 Å². The van der Waals surface area contributed by atoms with Crippen LogP contribution in [0.2, 0.25) is 0 Å². The molecule has 0 radical (unpaired) electrons. The molecule has 0 spiro atoms. The monoisotopic (exact) mass is 433 g/mol. The molecular weight excluding hydrogens is 405 g/mol. The number of methoxy groups -OCH3 is 1. The fourth-order valence-corrected chi connectivity index (χ4v) is 2.18. The highest BCUT2D eigenvalue weighted by molar-refractivity contribution is 14.0. The van der Waals surface area contributed by atoms with E-state index in [0.29, 0.717) is 6.42 Å². The fourth-order valence-electron chi connectivity index (χ4n) is 2.18. The quantitative estimate of drug-likeness (QED) is 0.218. The van der Waals surface area contributed by atoms with Crippen molar-refractivity contribution in [3.63, 3.8) is 0 Å². The van der Waals surface area contributed by atoms with E-state index in [-0.39, 0.29) is 29.9 Å². The molecule has 0 aliphatic rings. The number of rotatable bonds is 8. The Hall–Kier alpha value is -1.31. The molecule has 0 atom stereocenters. The van der Waals surface area contributed by atoms with E-state index in [9.17, 15) is 4.79 Å². The second-order valence-electron chi connectivity index (χ2n) is 5.01. The second-order valence-corrected chi connectivity index (χ2v) is 5.01. The Morgan fingerprint density at radius 1 is 1.17 bits per heavy atom. The number of nitrogens with zero attached hydrogens (tertiary/aromatic N) is 1. The minimum atomic E-state index is -0.154.